The summed E-state index contributed by atoms with van der Waals surface area (Å²) in [5, 5.41) is 14.4. The van der Waals surface area contributed by atoms with Gasteiger partial charge in [-0.05, 0) is 26.0 Å². The van der Waals surface area contributed by atoms with Crippen LogP contribution >= 0.6 is 0 Å². The van der Waals surface area contributed by atoms with Crippen LogP contribution in [0.5, 0.6) is 0 Å². The molecule has 21 heavy (non-hydrogen) atoms. The molecule has 0 amide bonds. The third-order valence-corrected chi connectivity index (χ3v) is 3.25. The molecular weight excluding hydrogens is 279 g/mol. The molecular formula is C14H15FN2O4. The van der Waals surface area contributed by atoms with E-state index >= 15 is 0 Å². The first-order valence-corrected chi connectivity index (χ1v) is 6.43. The molecule has 1 aromatic rings. The zero-order valence-electron chi connectivity index (χ0n) is 11.7. The molecule has 0 unspecified atom stereocenters. The van der Waals surface area contributed by atoms with Gasteiger partial charge < -0.3 is 9.84 Å². The summed E-state index contributed by atoms with van der Waals surface area (Å²) in [6, 6.07) is 5.67. The fraction of sp³-hybridized carbons (Fsp3) is 0.357. The minimum Gasteiger partial charge on any atom is -0.479 e. The summed E-state index contributed by atoms with van der Waals surface area (Å²) >= 11 is 0. The van der Waals surface area contributed by atoms with Gasteiger partial charge in [0.15, 0.2) is 5.54 Å². The monoisotopic (exact) mass is 294 g/mol. The number of esters is 1. The molecule has 0 bridgehead atoms. The topological polar surface area (TPSA) is 79.2 Å². The predicted molar refractivity (Wildman–Crippen MR) is 73.6 cm³/mol. The van der Waals surface area contributed by atoms with Gasteiger partial charge in [0.25, 0.3) is 0 Å². The van der Waals surface area contributed by atoms with Crippen LogP contribution in [0.15, 0.2) is 29.4 Å². The zero-order chi connectivity index (χ0) is 15.6. The van der Waals surface area contributed by atoms with Crippen molar-refractivity contribution in [2.75, 3.05) is 11.6 Å². The number of hydrogen-bond donors (Lipinski definition) is 1. The summed E-state index contributed by atoms with van der Waals surface area (Å²) in [6.45, 7) is 3.18. The van der Waals surface area contributed by atoms with Crippen molar-refractivity contribution in [3.63, 3.8) is 0 Å². The van der Waals surface area contributed by atoms with E-state index in [2.05, 4.69) is 5.10 Å². The predicted octanol–water partition coefficient (Wildman–Crippen LogP) is 1.80. The standard InChI is InChI=1S/C14H15FN2O4/c1-3-21-12(18)10-8-14(2,13(19)20)17(16-10)11-7-5-4-6-9(11)15/h4-7H,3,8H2,1-2H3,(H,19,20)/t14-/m0/s1. The van der Waals surface area contributed by atoms with Gasteiger partial charge >= 0.3 is 11.9 Å². The molecule has 112 valence electrons. The largest absolute Gasteiger partial charge is 0.479 e. The Balaban J connectivity index is 2.46. The van der Waals surface area contributed by atoms with Crippen molar-refractivity contribution in [3.8, 4) is 0 Å². The summed E-state index contributed by atoms with van der Waals surface area (Å²) in [6.07, 6.45) is -0.157. The molecule has 0 aromatic heterocycles. The summed E-state index contributed by atoms with van der Waals surface area (Å²) in [5.74, 6) is -2.50. The fourth-order valence-corrected chi connectivity index (χ4v) is 2.10. The maximum Gasteiger partial charge on any atom is 0.354 e. The molecule has 0 fully saturated rings. The van der Waals surface area contributed by atoms with Gasteiger partial charge in [-0.15, -0.1) is 0 Å². The average Bonchev–Trinajstić information content (AvgIpc) is 2.79. The van der Waals surface area contributed by atoms with Gasteiger partial charge in [0, 0.05) is 6.42 Å². The van der Waals surface area contributed by atoms with Crippen LogP contribution in [0.2, 0.25) is 0 Å². The third-order valence-electron chi connectivity index (χ3n) is 3.25. The molecule has 7 heteroatoms. The Morgan fingerprint density at radius 2 is 2.14 bits per heavy atom. The number of nitrogens with zero attached hydrogens (tertiary/aromatic N) is 2. The van der Waals surface area contributed by atoms with Gasteiger partial charge in [-0.25, -0.2) is 19.0 Å². The molecule has 0 radical (unpaired) electrons. The average molecular weight is 294 g/mol. The second-order valence-electron chi connectivity index (χ2n) is 4.79. The van der Waals surface area contributed by atoms with Crippen LogP contribution in [0.1, 0.15) is 20.3 Å². The Morgan fingerprint density at radius 1 is 1.48 bits per heavy atom. The zero-order valence-corrected chi connectivity index (χ0v) is 11.7. The first-order valence-electron chi connectivity index (χ1n) is 6.43. The van der Waals surface area contributed by atoms with Gasteiger partial charge in [-0.1, -0.05) is 12.1 Å². The Kier molecular flexibility index (Phi) is 3.93. The summed E-state index contributed by atoms with van der Waals surface area (Å²) in [7, 11) is 0. The van der Waals surface area contributed by atoms with Gasteiger partial charge in [-0.3, -0.25) is 0 Å². The van der Waals surface area contributed by atoms with Crippen LogP contribution in [0.3, 0.4) is 0 Å². The van der Waals surface area contributed by atoms with Crippen molar-refractivity contribution in [3.05, 3.63) is 30.1 Å². The lowest BCUT2D eigenvalue weighted by Crippen LogP contribution is -2.47. The number of rotatable bonds is 4. The molecule has 0 spiro atoms. The summed E-state index contributed by atoms with van der Waals surface area (Å²) in [4.78, 5) is 23.3. The molecule has 1 heterocycles. The van der Waals surface area contributed by atoms with E-state index in [0.717, 1.165) is 5.01 Å². The highest BCUT2D eigenvalue weighted by molar-refractivity contribution is 6.38. The Hall–Kier alpha value is -2.44. The number of carbonyl (C=O) groups is 2. The van der Waals surface area contributed by atoms with E-state index in [9.17, 15) is 19.1 Å². The van der Waals surface area contributed by atoms with E-state index in [4.69, 9.17) is 4.74 Å². The van der Waals surface area contributed by atoms with Crippen LogP contribution in [0.4, 0.5) is 10.1 Å². The van der Waals surface area contributed by atoms with Gasteiger partial charge in [-0.2, -0.15) is 5.10 Å². The molecule has 0 saturated heterocycles. The SMILES string of the molecule is CCOC(=O)C1=NN(c2ccccc2F)[C@](C)(C(=O)O)C1. The number of carboxylic acid groups (broad SMARTS) is 1. The van der Waals surface area contributed by atoms with Crippen molar-refractivity contribution >= 4 is 23.3 Å². The highest BCUT2D eigenvalue weighted by Gasteiger charge is 2.48. The van der Waals surface area contributed by atoms with E-state index < -0.39 is 23.3 Å². The Labute approximate surface area is 120 Å². The van der Waals surface area contributed by atoms with Crippen molar-refractivity contribution in [1.29, 1.82) is 0 Å². The molecule has 2 rings (SSSR count). The number of carboxylic acids is 1. The summed E-state index contributed by atoms with van der Waals surface area (Å²) < 4.78 is 18.7. The molecule has 0 saturated carbocycles. The Bertz CT molecular complexity index is 617. The highest BCUT2D eigenvalue weighted by atomic mass is 19.1. The van der Waals surface area contributed by atoms with Crippen LogP contribution in [0, 0.1) is 5.82 Å². The van der Waals surface area contributed by atoms with Crippen LogP contribution in [0.25, 0.3) is 0 Å². The normalized spacial score (nSPS) is 21.1. The highest BCUT2D eigenvalue weighted by Crippen LogP contribution is 2.34. The molecule has 1 aromatic carbocycles. The number of benzene rings is 1. The number of hydrazone groups is 1. The van der Waals surface area contributed by atoms with Crippen molar-refractivity contribution in [2.24, 2.45) is 5.10 Å². The number of ether oxygens (including phenoxy) is 1. The maximum absolute atomic E-state index is 13.9. The fourth-order valence-electron chi connectivity index (χ4n) is 2.10. The molecule has 1 aliphatic rings. The molecule has 0 aliphatic carbocycles. The number of aliphatic carboxylic acids is 1. The lowest BCUT2D eigenvalue weighted by atomic mass is 9.95. The first-order chi connectivity index (χ1) is 9.90. The lowest BCUT2D eigenvalue weighted by molar-refractivity contribution is -0.142. The van der Waals surface area contributed by atoms with Crippen molar-refractivity contribution in [2.45, 2.75) is 25.8 Å². The van der Waals surface area contributed by atoms with E-state index in [0.29, 0.717) is 0 Å². The van der Waals surface area contributed by atoms with Gasteiger partial charge in [0.05, 0.1) is 12.3 Å². The number of anilines is 1. The van der Waals surface area contributed by atoms with Crippen LogP contribution < -0.4 is 5.01 Å². The molecule has 1 N–H and O–H groups in total. The van der Waals surface area contributed by atoms with E-state index in [1.54, 1.807) is 13.0 Å². The maximum atomic E-state index is 13.9. The summed E-state index contributed by atoms with van der Waals surface area (Å²) in [5.41, 5.74) is -1.57. The van der Waals surface area contributed by atoms with E-state index in [-0.39, 0.29) is 24.4 Å². The number of carbonyl (C=O) groups excluding carboxylic acids is 1. The van der Waals surface area contributed by atoms with E-state index in [1.165, 1.54) is 25.1 Å². The quantitative estimate of drug-likeness (QED) is 0.857. The van der Waals surface area contributed by atoms with Crippen LogP contribution in [-0.4, -0.2) is 34.9 Å². The second kappa shape index (κ2) is 5.51. The molecule has 1 aliphatic heterocycles. The number of hydrogen-bond acceptors (Lipinski definition) is 5. The van der Waals surface area contributed by atoms with Crippen molar-refractivity contribution in [1.82, 2.24) is 0 Å². The first kappa shape index (κ1) is 15.0. The van der Waals surface area contributed by atoms with Gasteiger partial charge in [0.1, 0.15) is 11.5 Å². The lowest BCUT2D eigenvalue weighted by Gasteiger charge is -2.30. The minimum absolute atomic E-state index is 0.00157. The third kappa shape index (κ3) is 2.58. The number of para-hydroxylation sites is 1. The Morgan fingerprint density at radius 3 is 2.71 bits per heavy atom. The second-order valence-corrected chi connectivity index (χ2v) is 4.79. The van der Waals surface area contributed by atoms with Crippen LogP contribution in [-0.2, 0) is 14.3 Å². The molecule has 6 nitrogen and oxygen atoms in total. The van der Waals surface area contributed by atoms with E-state index in [1.807, 2.05) is 0 Å². The minimum atomic E-state index is -1.54. The molecule has 1 atom stereocenters. The van der Waals surface area contributed by atoms with Crippen molar-refractivity contribution < 1.29 is 23.8 Å². The van der Waals surface area contributed by atoms with Gasteiger partial charge in [0.2, 0.25) is 0 Å². The number of halogens is 1. The smallest absolute Gasteiger partial charge is 0.354 e.